The summed E-state index contributed by atoms with van der Waals surface area (Å²) < 4.78 is 13.7. The van der Waals surface area contributed by atoms with Gasteiger partial charge in [-0.2, -0.15) is 0 Å². The predicted molar refractivity (Wildman–Crippen MR) is 30.8 cm³/mol. The van der Waals surface area contributed by atoms with E-state index in [2.05, 4.69) is 9.26 Å². The summed E-state index contributed by atoms with van der Waals surface area (Å²) in [6, 6.07) is 0. The van der Waals surface area contributed by atoms with Crippen molar-refractivity contribution in [1.82, 2.24) is 0 Å². The predicted octanol–water partition coefficient (Wildman–Crippen LogP) is -0.0698. The van der Waals surface area contributed by atoms with Crippen molar-refractivity contribution in [1.29, 1.82) is 0 Å². The SMILES string of the molecule is COc1co[n+]([O-])c1OC. The molecule has 0 atom stereocenters. The summed E-state index contributed by atoms with van der Waals surface area (Å²) in [7, 11) is 2.79. The highest BCUT2D eigenvalue weighted by Gasteiger charge is 2.17. The summed E-state index contributed by atoms with van der Waals surface area (Å²) >= 11 is 0. The second-order valence-electron chi connectivity index (χ2n) is 1.56. The average molecular weight is 145 g/mol. The molecule has 10 heavy (non-hydrogen) atoms. The van der Waals surface area contributed by atoms with Gasteiger partial charge in [-0.1, -0.05) is 0 Å². The molecular weight excluding hydrogens is 138 g/mol. The van der Waals surface area contributed by atoms with Gasteiger partial charge in [-0.15, -0.1) is 0 Å². The molecule has 0 radical (unpaired) electrons. The summed E-state index contributed by atoms with van der Waals surface area (Å²) in [4.78, 5) is 0.235. The van der Waals surface area contributed by atoms with Crippen molar-refractivity contribution in [2.24, 2.45) is 0 Å². The summed E-state index contributed by atoms with van der Waals surface area (Å²) in [5.41, 5.74) is 0. The van der Waals surface area contributed by atoms with Gasteiger partial charge in [0.2, 0.25) is 0 Å². The number of nitrogens with zero attached hydrogens (tertiary/aromatic N) is 1. The molecule has 0 saturated carbocycles. The van der Waals surface area contributed by atoms with Gasteiger partial charge in [0.05, 0.1) is 25.4 Å². The first-order chi connectivity index (χ1) is 4.79. The summed E-state index contributed by atoms with van der Waals surface area (Å²) in [5.74, 6) is 0.319. The Morgan fingerprint density at radius 2 is 2.20 bits per heavy atom. The minimum atomic E-state index is 0.0301. The van der Waals surface area contributed by atoms with Gasteiger partial charge in [0.25, 0.3) is 5.75 Å². The normalized spacial score (nSPS) is 9.40. The van der Waals surface area contributed by atoms with E-state index in [1.165, 1.54) is 20.5 Å². The van der Waals surface area contributed by atoms with Crippen LogP contribution < -0.4 is 14.4 Å². The Bertz CT molecular complexity index is 219. The molecule has 1 heterocycles. The van der Waals surface area contributed by atoms with Gasteiger partial charge in [0.1, 0.15) is 0 Å². The van der Waals surface area contributed by atoms with Crippen LogP contribution in [0.5, 0.6) is 11.6 Å². The zero-order valence-corrected chi connectivity index (χ0v) is 5.66. The summed E-state index contributed by atoms with van der Waals surface area (Å²) in [6.07, 6.45) is 1.17. The first-order valence-electron chi connectivity index (χ1n) is 2.59. The topological polar surface area (TPSA) is 58.5 Å². The Labute approximate surface area is 57.3 Å². The number of hydrogen-bond donors (Lipinski definition) is 0. The molecular formula is C5H7NO4. The van der Waals surface area contributed by atoms with Crippen LogP contribution in [0.3, 0.4) is 0 Å². The Balaban J connectivity index is 3.01. The van der Waals surface area contributed by atoms with Crippen LogP contribution in [-0.4, -0.2) is 14.2 Å². The van der Waals surface area contributed by atoms with Gasteiger partial charge in [-0.3, -0.25) is 5.21 Å². The lowest BCUT2D eigenvalue weighted by Gasteiger charge is -1.92. The molecule has 0 aliphatic carbocycles. The van der Waals surface area contributed by atoms with E-state index >= 15 is 0 Å². The molecule has 0 unspecified atom stereocenters. The lowest BCUT2D eigenvalue weighted by molar-refractivity contribution is -0.795. The molecule has 0 aromatic carbocycles. The molecule has 1 aromatic heterocycles. The van der Waals surface area contributed by atoms with Gasteiger partial charge in [0, 0.05) is 0 Å². The maximum absolute atomic E-state index is 10.6. The van der Waals surface area contributed by atoms with Crippen LogP contribution in [0.1, 0.15) is 0 Å². The average Bonchev–Trinajstić information content (AvgIpc) is 2.30. The third kappa shape index (κ3) is 0.854. The number of ether oxygens (including phenoxy) is 2. The molecule has 0 spiro atoms. The molecule has 5 heteroatoms. The highest BCUT2D eigenvalue weighted by atomic mass is 16.8. The van der Waals surface area contributed by atoms with Crippen molar-refractivity contribution >= 4 is 0 Å². The van der Waals surface area contributed by atoms with Crippen molar-refractivity contribution < 1.29 is 18.9 Å². The third-order valence-corrected chi connectivity index (χ3v) is 1.05. The van der Waals surface area contributed by atoms with Crippen molar-refractivity contribution in [3.05, 3.63) is 11.5 Å². The first-order valence-corrected chi connectivity index (χ1v) is 2.59. The van der Waals surface area contributed by atoms with Crippen molar-refractivity contribution in [3.63, 3.8) is 0 Å². The van der Waals surface area contributed by atoms with Crippen LogP contribution in [-0.2, 0) is 0 Å². The molecule has 0 aliphatic heterocycles. The highest BCUT2D eigenvalue weighted by Crippen LogP contribution is 2.21. The van der Waals surface area contributed by atoms with E-state index in [0.29, 0.717) is 0 Å². The Hall–Kier alpha value is -1.39. The van der Waals surface area contributed by atoms with Crippen LogP contribution in [0.4, 0.5) is 0 Å². The number of hydrogen-bond acceptors (Lipinski definition) is 4. The minimum Gasteiger partial charge on any atom is -0.487 e. The fourth-order valence-corrected chi connectivity index (χ4v) is 0.595. The molecule has 1 rings (SSSR count). The van der Waals surface area contributed by atoms with Gasteiger partial charge in [-0.05, 0) is 0 Å². The molecule has 56 valence electrons. The summed E-state index contributed by atoms with van der Waals surface area (Å²) in [5, 5.41) is 10.6. The summed E-state index contributed by atoms with van der Waals surface area (Å²) in [6.45, 7) is 0. The Kier molecular flexibility index (Phi) is 1.66. The van der Waals surface area contributed by atoms with Crippen molar-refractivity contribution in [3.8, 4) is 11.6 Å². The zero-order chi connectivity index (χ0) is 7.56. The van der Waals surface area contributed by atoms with E-state index in [-0.39, 0.29) is 16.5 Å². The second kappa shape index (κ2) is 2.47. The molecule has 0 amide bonds. The Morgan fingerprint density at radius 1 is 1.50 bits per heavy atom. The molecule has 0 fully saturated rings. The standard InChI is InChI=1S/C5H7NO4/c1-8-4-3-10-6(7)5(4)9-2/h3H,1-2H3. The Morgan fingerprint density at radius 3 is 2.60 bits per heavy atom. The highest BCUT2D eigenvalue weighted by molar-refractivity contribution is 5.24. The molecule has 0 aliphatic rings. The fraction of sp³-hybridized carbons (Fsp3) is 0.400. The molecule has 1 aromatic rings. The van der Waals surface area contributed by atoms with E-state index < -0.39 is 0 Å². The van der Waals surface area contributed by atoms with E-state index in [1.54, 1.807) is 0 Å². The quantitative estimate of drug-likeness (QED) is 0.546. The fourth-order valence-electron chi connectivity index (χ4n) is 0.595. The molecule has 5 nitrogen and oxygen atoms in total. The van der Waals surface area contributed by atoms with Crippen LogP contribution in [0.2, 0.25) is 0 Å². The zero-order valence-electron chi connectivity index (χ0n) is 5.66. The molecule has 0 bridgehead atoms. The van der Waals surface area contributed by atoms with E-state index in [4.69, 9.17) is 4.74 Å². The van der Waals surface area contributed by atoms with Crippen molar-refractivity contribution in [2.75, 3.05) is 14.2 Å². The van der Waals surface area contributed by atoms with E-state index in [9.17, 15) is 5.21 Å². The molecule has 0 saturated heterocycles. The molecule has 0 N–H and O–H groups in total. The minimum absolute atomic E-state index is 0.0301. The van der Waals surface area contributed by atoms with Gasteiger partial charge in [-0.25, -0.2) is 0 Å². The van der Waals surface area contributed by atoms with Crippen LogP contribution in [0.15, 0.2) is 10.8 Å². The number of rotatable bonds is 2. The lowest BCUT2D eigenvalue weighted by atomic mass is 10.6. The monoisotopic (exact) mass is 145 g/mol. The number of methoxy groups -OCH3 is 2. The number of aromatic nitrogens is 1. The first kappa shape index (κ1) is 6.73. The van der Waals surface area contributed by atoms with Crippen LogP contribution in [0, 0.1) is 5.21 Å². The van der Waals surface area contributed by atoms with E-state index in [1.807, 2.05) is 0 Å². The van der Waals surface area contributed by atoms with Crippen LogP contribution in [0.25, 0.3) is 0 Å². The van der Waals surface area contributed by atoms with Gasteiger partial charge in [0.15, 0.2) is 0 Å². The smallest absolute Gasteiger partial charge is 0.470 e. The van der Waals surface area contributed by atoms with Crippen molar-refractivity contribution in [2.45, 2.75) is 0 Å². The van der Waals surface area contributed by atoms with Crippen LogP contribution >= 0.6 is 0 Å². The largest absolute Gasteiger partial charge is 0.487 e. The maximum Gasteiger partial charge on any atom is 0.470 e. The van der Waals surface area contributed by atoms with Gasteiger partial charge < -0.3 is 14.0 Å². The van der Waals surface area contributed by atoms with Gasteiger partial charge >= 0.3 is 5.88 Å². The maximum atomic E-state index is 10.6. The lowest BCUT2D eigenvalue weighted by Crippen LogP contribution is -2.24. The second-order valence-corrected chi connectivity index (χ2v) is 1.56. The van der Waals surface area contributed by atoms with E-state index in [0.717, 1.165) is 0 Å². The third-order valence-electron chi connectivity index (χ3n) is 1.05.